The predicted molar refractivity (Wildman–Crippen MR) is 107 cm³/mol. The third kappa shape index (κ3) is 3.41. The Morgan fingerprint density at radius 1 is 1.07 bits per heavy atom. The molecule has 140 valence electrons. The Morgan fingerprint density at radius 2 is 1.74 bits per heavy atom. The molecular formula is C21H21BrN2O3. The zero-order valence-electron chi connectivity index (χ0n) is 15.7. The topological polar surface area (TPSA) is 66.5 Å². The van der Waals surface area contributed by atoms with Gasteiger partial charge in [-0.25, -0.2) is 4.79 Å². The first-order chi connectivity index (χ1) is 12.6. The van der Waals surface area contributed by atoms with Gasteiger partial charge in [0.05, 0.1) is 6.54 Å². The molecule has 1 aliphatic heterocycles. The lowest BCUT2D eigenvalue weighted by Crippen LogP contribution is -2.41. The molecule has 0 aromatic heterocycles. The number of carbonyl (C=O) groups is 3. The standard InChI is InChI=1S/C21H21BrN2O3/c1-12-8-14(3)17(9-13(12)2)18(25)11-24-19(26)21(4,23-20(24)27)15-6-5-7-16(22)10-15/h5-10H,11H2,1-4H3,(H,23,27)/t21-/m0/s1. The molecule has 3 amide bonds. The van der Waals surface area contributed by atoms with Gasteiger partial charge in [-0.05, 0) is 68.1 Å². The monoisotopic (exact) mass is 428 g/mol. The van der Waals surface area contributed by atoms with E-state index in [4.69, 9.17) is 0 Å². The Morgan fingerprint density at radius 3 is 2.41 bits per heavy atom. The molecule has 27 heavy (non-hydrogen) atoms. The van der Waals surface area contributed by atoms with Crippen LogP contribution in [0.3, 0.4) is 0 Å². The highest BCUT2D eigenvalue weighted by molar-refractivity contribution is 9.10. The van der Waals surface area contributed by atoms with E-state index in [1.165, 1.54) is 0 Å². The van der Waals surface area contributed by atoms with E-state index in [2.05, 4.69) is 21.2 Å². The first-order valence-electron chi connectivity index (χ1n) is 8.64. The Labute approximate surface area is 166 Å². The molecule has 5 nitrogen and oxygen atoms in total. The fourth-order valence-electron chi connectivity index (χ4n) is 3.33. The molecule has 1 aliphatic rings. The van der Waals surface area contributed by atoms with Crippen molar-refractivity contribution in [3.63, 3.8) is 0 Å². The lowest BCUT2D eigenvalue weighted by Gasteiger charge is -2.22. The van der Waals surface area contributed by atoms with Gasteiger partial charge >= 0.3 is 6.03 Å². The number of rotatable bonds is 4. The van der Waals surface area contributed by atoms with Gasteiger partial charge in [0.25, 0.3) is 5.91 Å². The van der Waals surface area contributed by atoms with E-state index in [0.717, 1.165) is 26.1 Å². The largest absolute Gasteiger partial charge is 0.325 e. The van der Waals surface area contributed by atoms with Crippen LogP contribution < -0.4 is 5.32 Å². The van der Waals surface area contributed by atoms with Crippen molar-refractivity contribution in [2.45, 2.75) is 33.2 Å². The molecular weight excluding hydrogens is 408 g/mol. The molecule has 0 spiro atoms. The number of aryl methyl sites for hydroxylation is 3. The zero-order valence-corrected chi connectivity index (χ0v) is 17.3. The molecule has 0 unspecified atom stereocenters. The lowest BCUT2D eigenvalue weighted by molar-refractivity contribution is -0.130. The maximum absolute atomic E-state index is 13.0. The van der Waals surface area contributed by atoms with Crippen molar-refractivity contribution in [2.24, 2.45) is 0 Å². The first kappa shape index (κ1) is 19.3. The van der Waals surface area contributed by atoms with Gasteiger partial charge < -0.3 is 5.32 Å². The van der Waals surface area contributed by atoms with Crippen molar-refractivity contribution in [1.82, 2.24) is 10.2 Å². The summed E-state index contributed by atoms with van der Waals surface area (Å²) in [5.74, 6) is -0.682. The van der Waals surface area contributed by atoms with Gasteiger partial charge in [-0.15, -0.1) is 0 Å². The van der Waals surface area contributed by atoms with E-state index < -0.39 is 17.5 Å². The van der Waals surface area contributed by atoms with E-state index in [-0.39, 0.29) is 12.3 Å². The molecule has 2 aromatic rings. The molecule has 0 bridgehead atoms. The highest BCUT2D eigenvalue weighted by atomic mass is 79.9. The van der Waals surface area contributed by atoms with E-state index in [9.17, 15) is 14.4 Å². The summed E-state index contributed by atoms with van der Waals surface area (Å²) in [5.41, 5.74) is 2.94. The van der Waals surface area contributed by atoms with E-state index in [0.29, 0.717) is 11.1 Å². The molecule has 0 aliphatic carbocycles. The van der Waals surface area contributed by atoms with Crippen LogP contribution >= 0.6 is 15.9 Å². The summed E-state index contributed by atoms with van der Waals surface area (Å²) >= 11 is 3.38. The second-order valence-corrected chi connectivity index (χ2v) is 8.05. The number of ketones is 1. The van der Waals surface area contributed by atoms with E-state index >= 15 is 0 Å². The summed E-state index contributed by atoms with van der Waals surface area (Å²) in [4.78, 5) is 39.3. The van der Waals surface area contributed by atoms with Crippen LogP contribution in [0.15, 0.2) is 40.9 Å². The van der Waals surface area contributed by atoms with Crippen LogP contribution in [0.4, 0.5) is 4.79 Å². The first-order valence-corrected chi connectivity index (χ1v) is 9.44. The number of hydrogen-bond acceptors (Lipinski definition) is 3. The Hall–Kier alpha value is -2.47. The molecule has 1 heterocycles. The van der Waals surface area contributed by atoms with Gasteiger partial charge in [0, 0.05) is 10.0 Å². The van der Waals surface area contributed by atoms with Crippen molar-refractivity contribution >= 4 is 33.7 Å². The van der Waals surface area contributed by atoms with Crippen molar-refractivity contribution < 1.29 is 14.4 Å². The van der Waals surface area contributed by atoms with Crippen LogP contribution in [-0.2, 0) is 10.3 Å². The molecule has 0 radical (unpaired) electrons. The van der Waals surface area contributed by atoms with Gasteiger partial charge in [-0.1, -0.05) is 34.1 Å². The number of imide groups is 1. The summed E-state index contributed by atoms with van der Waals surface area (Å²) in [7, 11) is 0. The Kier molecular flexibility index (Phi) is 4.95. The van der Waals surface area contributed by atoms with Crippen LogP contribution in [-0.4, -0.2) is 29.2 Å². The summed E-state index contributed by atoms with van der Waals surface area (Å²) < 4.78 is 0.809. The van der Waals surface area contributed by atoms with Crippen LogP contribution in [0.5, 0.6) is 0 Å². The van der Waals surface area contributed by atoms with Gasteiger partial charge in [-0.3, -0.25) is 14.5 Å². The number of carbonyl (C=O) groups excluding carboxylic acids is 3. The second kappa shape index (κ2) is 6.93. The Bertz CT molecular complexity index is 970. The van der Waals surface area contributed by atoms with E-state index in [1.807, 2.05) is 39.0 Å². The van der Waals surface area contributed by atoms with Crippen molar-refractivity contribution in [3.05, 3.63) is 68.7 Å². The minimum absolute atomic E-state index is 0.252. The number of nitrogens with one attached hydrogen (secondary N) is 1. The van der Waals surface area contributed by atoms with Gasteiger partial charge in [0.2, 0.25) is 0 Å². The normalized spacial score (nSPS) is 19.4. The zero-order chi connectivity index (χ0) is 19.9. The lowest BCUT2D eigenvalue weighted by atomic mass is 9.92. The number of urea groups is 1. The molecule has 2 aromatic carbocycles. The fourth-order valence-corrected chi connectivity index (χ4v) is 3.72. The molecule has 3 rings (SSSR count). The van der Waals surface area contributed by atoms with Crippen LogP contribution in [0.1, 0.15) is 39.5 Å². The predicted octanol–water partition coefficient (Wildman–Crippen LogP) is 4.02. The third-order valence-electron chi connectivity index (χ3n) is 5.12. The molecule has 1 atom stereocenters. The number of amides is 3. The SMILES string of the molecule is Cc1cc(C)c(C(=O)CN2C(=O)N[C@@](C)(c3cccc(Br)c3)C2=O)cc1C. The summed E-state index contributed by atoms with van der Waals surface area (Å²) in [6, 6.07) is 10.4. The summed E-state index contributed by atoms with van der Waals surface area (Å²) in [5, 5.41) is 2.73. The fraction of sp³-hybridized carbons (Fsp3) is 0.286. The third-order valence-corrected chi connectivity index (χ3v) is 5.61. The summed E-state index contributed by atoms with van der Waals surface area (Å²) in [6.45, 7) is 7.15. The second-order valence-electron chi connectivity index (χ2n) is 7.13. The molecule has 1 fully saturated rings. The van der Waals surface area contributed by atoms with Crippen LogP contribution in [0, 0.1) is 20.8 Å². The maximum Gasteiger partial charge on any atom is 0.325 e. The highest BCUT2D eigenvalue weighted by Gasteiger charge is 2.49. The highest BCUT2D eigenvalue weighted by Crippen LogP contribution is 2.30. The van der Waals surface area contributed by atoms with Crippen LogP contribution in [0.25, 0.3) is 0 Å². The van der Waals surface area contributed by atoms with Gasteiger partial charge in [0.15, 0.2) is 5.78 Å². The number of Topliss-reactive ketones (excluding diaryl/α,β-unsaturated/α-hetero) is 1. The minimum atomic E-state index is -1.20. The molecule has 1 saturated heterocycles. The van der Waals surface area contributed by atoms with Crippen molar-refractivity contribution in [3.8, 4) is 0 Å². The smallest absolute Gasteiger partial charge is 0.319 e. The average Bonchev–Trinajstić information content (AvgIpc) is 2.82. The molecule has 1 N–H and O–H groups in total. The van der Waals surface area contributed by atoms with Crippen molar-refractivity contribution in [1.29, 1.82) is 0 Å². The summed E-state index contributed by atoms with van der Waals surface area (Å²) in [6.07, 6.45) is 0. The number of nitrogens with zero attached hydrogens (tertiary/aromatic N) is 1. The van der Waals surface area contributed by atoms with Crippen molar-refractivity contribution in [2.75, 3.05) is 6.54 Å². The van der Waals surface area contributed by atoms with Gasteiger partial charge in [-0.2, -0.15) is 0 Å². The van der Waals surface area contributed by atoms with Crippen LogP contribution in [0.2, 0.25) is 0 Å². The van der Waals surface area contributed by atoms with Gasteiger partial charge in [0.1, 0.15) is 5.54 Å². The Balaban J connectivity index is 1.88. The molecule has 6 heteroatoms. The number of hydrogen-bond donors (Lipinski definition) is 1. The van der Waals surface area contributed by atoms with E-state index in [1.54, 1.807) is 25.1 Å². The number of benzene rings is 2. The quantitative estimate of drug-likeness (QED) is 0.590. The minimum Gasteiger partial charge on any atom is -0.319 e. The average molecular weight is 429 g/mol. The maximum atomic E-state index is 13.0. The number of halogens is 1. The molecule has 0 saturated carbocycles.